The Bertz CT molecular complexity index is 299. The van der Waals surface area contributed by atoms with E-state index in [1.54, 1.807) is 0 Å². The fourth-order valence-corrected chi connectivity index (χ4v) is 3.01. The van der Waals surface area contributed by atoms with Crippen molar-refractivity contribution in [1.82, 2.24) is 0 Å². The van der Waals surface area contributed by atoms with E-state index in [4.69, 9.17) is 19.5 Å². The molecule has 0 spiro atoms. The van der Waals surface area contributed by atoms with Gasteiger partial charge in [-0.15, -0.1) is 0 Å². The molecule has 0 bridgehead atoms. The van der Waals surface area contributed by atoms with Gasteiger partial charge in [0.1, 0.15) is 0 Å². The van der Waals surface area contributed by atoms with Crippen LogP contribution in [0.3, 0.4) is 0 Å². The number of ether oxygens (including phenoxy) is 3. The van der Waals surface area contributed by atoms with Crippen molar-refractivity contribution in [1.29, 1.82) is 5.26 Å². The van der Waals surface area contributed by atoms with Crippen LogP contribution in [0.15, 0.2) is 0 Å². The van der Waals surface area contributed by atoms with Crippen molar-refractivity contribution in [2.24, 2.45) is 17.8 Å². The molecule has 0 aromatic heterocycles. The standard InChI is InChI=1S/C16H27NO3/c1-2-8-18-9-7-14-11-19-16(20-12-14)15-5-3-13(10-17)4-6-15/h13-16H,2-9,11-12H2,1H3/t13-,14-,15-,16-. The molecule has 1 heterocycles. The van der Waals surface area contributed by atoms with E-state index >= 15 is 0 Å². The van der Waals surface area contributed by atoms with Crippen molar-refractivity contribution in [3.05, 3.63) is 0 Å². The number of rotatable bonds is 6. The van der Waals surface area contributed by atoms with Crippen LogP contribution < -0.4 is 0 Å². The highest BCUT2D eigenvalue weighted by Gasteiger charge is 2.32. The maximum atomic E-state index is 8.92. The number of nitrogens with zero attached hydrogens (tertiary/aromatic N) is 1. The molecule has 1 aliphatic carbocycles. The Balaban J connectivity index is 1.61. The molecule has 2 aliphatic rings. The highest BCUT2D eigenvalue weighted by atomic mass is 16.7. The topological polar surface area (TPSA) is 51.5 Å². The van der Waals surface area contributed by atoms with Crippen LogP contribution in [-0.4, -0.2) is 32.7 Å². The van der Waals surface area contributed by atoms with E-state index in [2.05, 4.69) is 13.0 Å². The zero-order valence-corrected chi connectivity index (χ0v) is 12.6. The molecule has 0 unspecified atom stereocenters. The minimum absolute atomic E-state index is 0.0394. The molecule has 0 aromatic carbocycles. The maximum absolute atomic E-state index is 8.92. The van der Waals surface area contributed by atoms with Gasteiger partial charge in [0.2, 0.25) is 0 Å². The highest BCUT2D eigenvalue weighted by molar-refractivity contribution is 4.88. The number of nitriles is 1. The first-order valence-electron chi connectivity index (χ1n) is 8.04. The van der Waals surface area contributed by atoms with Gasteiger partial charge < -0.3 is 14.2 Å². The molecule has 0 amide bonds. The summed E-state index contributed by atoms with van der Waals surface area (Å²) in [5, 5.41) is 8.92. The third-order valence-corrected chi connectivity index (χ3v) is 4.35. The molecule has 114 valence electrons. The molecule has 0 aromatic rings. The largest absolute Gasteiger partial charge is 0.381 e. The lowest BCUT2D eigenvalue weighted by atomic mass is 9.82. The monoisotopic (exact) mass is 281 g/mol. The van der Waals surface area contributed by atoms with Gasteiger partial charge >= 0.3 is 0 Å². The Morgan fingerprint density at radius 2 is 1.80 bits per heavy atom. The molecule has 20 heavy (non-hydrogen) atoms. The van der Waals surface area contributed by atoms with Crippen LogP contribution >= 0.6 is 0 Å². The summed E-state index contributed by atoms with van der Waals surface area (Å²) in [5.74, 6) is 1.20. The van der Waals surface area contributed by atoms with Crippen LogP contribution in [0, 0.1) is 29.1 Å². The molecule has 0 atom stereocenters. The van der Waals surface area contributed by atoms with Gasteiger partial charge in [-0.05, 0) is 38.5 Å². The van der Waals surface area contributed by atoms with Gasteiger partial charge in [-0.25, -0.2) is 0 Å². The molecule has 2 rings (SSSR count). The quantitative estimate of drug-likeness (QED) is 0.702. The summed E-state index contributed by atoms with van der Waals surface area (Å²) in [6.07, 6.45) is 6.18. The van der Waals surface area contributed by atoms with E-state index in [9.17, 15) is 0 Å². The molecule has 1 saturated carbocycles. The van der Waals surface area contributed by atoms with Gasteiger partial charge in [-0.2, -0.15) is 5.26 Å². The van der Waals surface area contributed by atoms with Crippen molar-refractivity contribution in [2.45, 2.75) is 51.7 Å². The summed E-state index contributed by atoms with van der Waals surface area (Å²) in [7, 11) is 0. The first-order valence-corrected chi connectivity index (χ1v) is 8.04. The lowest BCUT2D eigenvalue weighted by Crippen LogP contribution is -2.38. The Morgan fingerprint density at radius 3 is 2.40 bits per heavy atom. The molecule has 4 nitrogen and oxygen atoms in total. The van der Waals surface area contributed by atoms with Crippen molar-refractivity contribution >= 4 is 0 Å². The average Bonchev–Trinajstić information content (AvgIpc) is 2.52. The van der Waals surface area contributed by atoms with Crippen molar-refractivity contribution in [3.63, 3.8) is 0 Å². The van der Waals surface area contributed by atoms with E-state index in [1.165, 1.54) is 0 Å². The first kappa shape index (κ1) is 15.8. The number of hydrogen-bond acceptors (Lipinski definition) is 4. The van der Waals surface area contributed by atoms with E-state index in [1.807, 2.05) is 0 Å². The van der Waals surface area contributed by atoms with E-state index in [0.717, 1.165) is 65.0 Å². The summed E-state index contributed by atoms with van der Waals surface area (Å²) in [6, 6.07) is 2.37. The Hall–Kier alpha value is -0.630. The lowest BCUT2D eigenvalue weighted by molar-refractivity contribution is -0.230. The summed E-state index contributed by atoms with van der Waals surface area (Å²) in [6.45, 7) is 5.36. The van der Waals surface area contributed by atoms with Crippen molar-refractivity contribution in [3.8, 4) is 6.07 Å². The minimum Gasteiger partial charge on any atom is -0.381 e. The van der Waals surface area contributed by atoms with Gasteiger partial charge in [0.05, 0.1) is 19.3 Å². The van der Waals surface area contributed by atoms with Gasteiger partial charge in [-0.3, -0.25) is 0 Å². The SMILES string of the molecule is CCCOCC[C@H]1CO[C@H]([C@H]2CC[C@H](C#N)CC2)OC1. The first-order chi connectivity index (χ1) is 9.83. The fraction of sp³-hybridized carbons (Fsp3) is 0.938. The average molecular weight is 281 g/mol. The Morgan fingerprint density at radius 1 is 1.10 bits per heavy atom. The van der Waals surface area contributed by atoms with Gasteiger partial charge in [0, 0.05) is 31.0 Å². The molecule has 4 heteroatoms. The minimum atomic E-state index is -0.0394. The summed E-state index contributed by atoms with van der Waals surface area (Å²) < 4.78 is 17.3. The summed E-state index contributed by atoms with van der Waals surface area (Å²) >= 11 is 0. The fourth-order valence-electron chi connectivity index (χ4n) is 3.01. The van der Waals surface area contributed by atoms with E-state index < -0.39 is 0 Å². The second kappa shape index (κ2) is 8.61. The molecule has 0 N–H and O–H groups in total. The normalized spacial score (nSPS) is 34.6. The van der Waals surface area contributed by atoms with Crippen molar-refractivity contribution in [2.75, 3.05) is 26.4 Å². The second-order valence-corrected chi connectivity index (χ2v) is 6.04. The third kappa shape index (κ3) is 4.73. The predicted octanol–water partition coefficient (Wildman–Crippen LogP) is 3.12. The maximum Gasteiger partial charge on any atom is 0.160 e. The zero-order chi connectivity index (χ0) is 14.2. The molecule has 1 aliphatic heterocycles. The van der Waals surface area contributed by atoms with Gasteiger partial charge in [0.15, 0.2) is 6.29 Å². The van der Waals surface area contributed by atoms with E-state index in [0.29, 0.717) is 11.8 Å². The number of hydrogen-bond donors (Lipinski definition) is 0. The molecule has 0 radical (unpaired) electrons. The van der Waals surface area contributed by atoms with E-state index in [-0.39, 0.29) is 12.2 Å². The molecule has 2 fully saturated rings. The van der Waals surface area contributed by atoms with Crippen LogP contribution in [0.4, 0.5) is 0 Å². The third-order valence-electron chi connectivity index (χ3n) is 4.35. The molecular weight excluding hydrogens is 254 g/mol. The predicted molar refractivity (Wildman–Crippen MR) is 76.0 cm³/mol. The Kier molecular flexibility index (Phi) is 6.78. The summed E-state index contributed by atoms with van der Waals surface area (Å²) in [5.41, 5.74) is 0. The van der Waals surface area contributed by atoms with Crippen LogP contribution in [0.5, 0.6) is 0 Å². The van der Waals surface area contributed by atoms with Crippen LogP contribution in [0.1, 0.15) is 45.4 Å². The second-order valence-electron chi connectivity index (χ2n) is 6.04. The van der Waals surface area contributed by atoms with Crippen LogP contribution in [-0.2, 0) is 14.2 Å². The molecular formula is C16H27NO3. The lowest BCUT2D eigenvalue weighted by Gasteiger charge is -2.36. The van der Waals surface area contributed by atoms with Gasteiger partial charge in [-0.1, -0.05) is 6.92 Å². The van der Waals surface area contributed by atoms with Gasteiger partial charge in [0.25, 0.3) is 0 Å². The molecule has 1 saturated heterocycles. The smallest absolute Gasteiger partial charge is 0.160 e. The highest BCUT2D eigenvalue weighted by Crippen LogP contribution is 2.33. The summed E-state index contributed by atoms with van der Waals surface area (Å²) in [4.78, 5) is 0. The van der Waals surface area contributed by atoms with Crippen molar-refractivity contribution < 1.29 is 14.2 Å². The zero-order valence-electron chi connectivity index (χ0n) is 12.6. The Labute approximate surface area is 122 Å². The van der Waals surface area contributed by atoms with Crippen LogP contribution in [0.25, 0.3) is 0 Å². The van der Waals surface area contributed by atoms with Crippen LogP contribution in [0.2, 0.25) is 0 Å².